The van der Waals surface area contributed by atoms with E-state index in [1.165, 1.54) is 0 Å². The molecule has 2 aromatic heterocycles. The number of anilines is 4. The average molecular weight is 547 g/mol. The zero-order valence-electron chi connectivity index (χ0n) is 22.4. The van der Waals surface area contributed by atoms with Crippen molar-refractivity contribution in [2.24, 2.45) is 11.8 Å². The topological polar surface area (TPSA) is 206 Å². The van der Waals surface area contributed by atoms with Crippen molar-refractivity contribution in [3.05, 3.63) is 11.6 Å². The van der Waals surface area contributed by atoms with Crippen molar-refractivity contribution in [2.75, 3.05) is 73.9 Å². The van der Waals surface area contributed by atoms with E-state index in [1.807, 2.05) is 0 Å². The van der Waals surface area contributed by atoms with E-state index in [0.29, 0.717) is 81.6 Å². The number of nitrogens with one attached hydrogen (secondary N) is 4. The van der Waals surface area contributed by atoms with Crippen LogP contribution < -0.4 is 21.3 Å². The second-order valence-electron chi connectivity index (χ2n) is 10.1. The molecule has 2 unspecified atom stereocenters. The SMILES string of the molecule is OCCCNc1nc(NCCCO)nc(C2CC3CC(c4nc(NCCCO)nc(NCCCO)n4)C2C3)n1. The van der Waals surface area contributed by atoms with Crippen LogP contribution in [0.1, 0.15) is 68.4 Å². The quantitative estimate of drug-likeness (QED) is 0.120. The number of hydrogen-bond donors (Lipinski definition) is 8. The Morgan fingerprint density at radius 3 is 1.10 bits per heavy atom. The zero-order chi connectivity index (χ0) is 27.5. The molecule has 14 heteroatoms. The van der Waals surface area contributed by atoms with Crippen LogP contribution in [0.15, 0.2) is 0 Å². The van der Waals surface area contributed by atoms with Crippen LogP contribution in [-0.2, 0) is 0 Å². The number of aliphatic hydroxyl groups is 4. The molecule has 2 aliphatic rings. The van der Waals surface area contributed by atoms with Crippen LogP contribution in [0.4, 0.5) is 23.8 Å². The Bertz CT molecular complexity index is 898. The van der Waals surface area contributed by atoms with Gasteiger partial charge in [-0.25, -0.2) is 0 Å². The average Bonchev–Trinajstić information content (AvgIpc) is 3.55. The third-order valence-electron chi connectivity index (χ3n) is 7.25. The summed E-state index contributed by atoms with van der Waals surface area (Å²) in [5, 5.41) is 49.4. The Labute approximate surface area is 228 Å². The van der Waals surface area contributed by atoms with Crippen molar-refractivity contribution in [3.8, 4) is 0 Å². The summed E-state index contributed by atoms with van der Waals surface area (Å²) < 4.78 is 0. The lowest BCUT2D eigenvalue weighted by Gasteiger charge is -2.28. The first-order valence-electron chi connectivity index (χ1n) is 14.1. The second kappa shape index (κ2) is 15.0. The van der Waals surface area contributed by atoms with Gasteiger partial charge in [0.1, 0.15) is 11.6 Å². The van der Waals surface area contributed by atoms with Gasteiger partial charge in [0.15, 0.2) is 0 Å². The molecule has 2 atom stereocenters. The summed E-state index contributed by atoms with van der Waals surface area (Å²) in [6, 6.07) is 0. The van der Waals surface area contributed by atoms with Crippen molar-refractivity contribution >= 4 is 23.8 Å². The van der Waals surface area contributed by atoms with Gasteiger partial charge in [-0.2, -0.15) is 29.9 Å². The van der Waals surface area contributed by atoms with E-state index in [0.717, 1.165) is 30.9 Å². The Morgan fingerprint density at radius 1 is 0.487 bits per heavy atom. The standard InChI is InChI=1S/C25H42N10O4/c36-9-1-5-26-22-30-20(31-23(34-22)27-6-2-10-37)18-14-16-13-17(18)19(15-16)21-32-24(28-7-3-11-38)35-25(33-21)29-8-4-12-39/h16-19,36-39H,1-15H2,(H2,26,27,30,31,34)(H2,28,29,32,33,35). The van der Waals surface area contributed by atoms with E-state index in [1.54, 1.807) is 0 Å². The lowest BCUT2D eigenvalue weighted by Crippen LogP contribution is -2.24. The molecule has 0 aromatic carbocycles. The van der Waals surface area contributed by atoms with Crippen LogP contribution in [0.25, 0.3) is 0 Å². The van der Waals surface area contributed by atoms with Gasteiger partial charge in [0.2, 0.25) is 23.8 Å². The van der Waals surface area contributed by atoms with Crippen molar-refractivity contribution < 1.29 is 20.4 Å². The van der Waals surface area contributed by atoms with Gasteiger partial charge in [-0.1, -0.05) is 0 Å². The van der Waals surface area contributed by atoms with E-state index in [2.05, 4.69) is 31.2 Å². The molecule has 0 amide bonds. The Morgan fingerprint density at radius 2 is 0.821 bits per heavy atom. The fraction of sp³-hybridized carbons (Fsp3) is 0.760. The molecule has 4 rings (SSSR count). The fourth-order valence-electron chi connectivity index (χ4n) is 5.49. The molecule has 2 aromatic rings. The molecule has 0 aliphatic heterocycles. The van der Waals surface area contributed by atoms with Crippen LogP contribution in [-0.4, -0.2) is 103 Å². The summed E-state index contributed by atoms with van der Waals surface area (Å²) >= 11 is 0. The summed E-state index contributed by atoms with van der Waals surface area (Å²) in [5.41, 5.74) is 0. The predicted molar refractivity (Wildman–Crippen MR) is 147 cm³/mol. The fourth-order valence-corrected chi connectivity index (χ4v) is 5.49. The first kappa shape index (κ1) is 29.1. The zero-order valence-corrected chi connectivity index (χ0v) is 22.4. The molecule has 0 radical (unpaired) electrons. The third kappa shape index (κ3) is 8.03. The van der Waals surface area contributed by atoms with Crippen LogP contribution in [0, 0.1) is 11.8 Å². The molecule has 0 spiro atoms. The van der Waals surface area contributed by atoms with E-state index < -0.39 is 0 Å². The predicted octanol–water partition coefficient (Wildman–Crippen LogP) is 0.531. The summed E-state index contributed by atoms with van der Waals surface area (Å²) in [6.45, 7) is 2.55. The number of aliphatic hydroxyl groups excluding tert-OH is 4. The van der Waals surface area contributed by atoms with Gasteiger partial charge in [0, 0.05) is 64.4 Å². The second-order valence-corrected chi connectivity index (χ2v) is 10.1. The lowest BCUT2D eigenvalue weighted by molar-refractivity contribution is 0.292. The van der Waals surface area contributed by atoms with Gasteiger partial charge >= 0.3 is 0 Å². The van der Waals surface area contributed by atoms with E-state index in [4.69, 9.17) is 40.4 Å². The van der Waals surface area contributed by atoms with Gasteiger partial charge < -0.3 is 41.7 Å². The summed E-state index contributed by atoms with van der Waals surface area (Å²) in [6.07, 6.45) is 5.39. The molecule has 2 bridgehead atoms. The number of hydrogen-bond acceptors (Lipinski definition) is 14. The number of rotatable bonds is 18. The molecule has 216 valence electrons. The van der Waals surface area contributed by atoms with Crippen molar-refractivity contribution in [1.82, 2.24) is 29.9 Å². The van der Waals surface area contributed by atoms with Crippen molar-refractivity contribution in [1.29, 1.82) is 0 Å². The molecule has 8 N–H and O–H groups in total. The Balaban J connectivity index is 1.56. The van der Waals surface area contributed by atoms with Crippen LogP contribution in [0.3, 0.4) is 0 Å². The Hall–Kier alpha value is -2.94. The highest BCUT2D eigenvalue weighted by Crippen LogP contribution is 2.58. The normalized spacial score (nSPS) is 21.7. The molecular formula is C25H42N10O4. The monoisotopic (exact) mass is 546 g/mol. The highest BCUT2D eigenvalue weighted by atomic mass is 16.3. The number of nitrogens with zero attached hydrogens (tertiary/aromatic N) is 6. The van der Waals surface area contributed by atoms with Crippen LogP contribution in [0.2, 0.25) is 0 Å². The van der Waals surface area contributed by atoms with Gasteiger partial charge in [-0.3, -0.25) is 0 Å². The van der Waals surface area contributed by atoms with Crippen molar-refractivity contribution in [2.45, 2.75) is 56.8 Å². The van der Waals surface area contributed by atoms with Crippen LogP contribution >= 0.6 is 0 Å². The summed E-state index contributed by atoms with van der Waals surface area (Å²) in [4.78, 5) is 28.0. The van der Waals surface area contributed by atoms with E-state index in [-0.39, 0.29) is 44.2 Å². The molecule has 14 nitrogen and oxygen atoms in total. The minimum Gasteiger partial charge on any atom is -0.396 e. The largest absolute Gasteiger partial charge is 0.396 e. The first-order valence-corrected chi connectivity index (χ1v) is 14.1. The van der Waals surface area contributed by atoms with Gasteiger partial charge in [0.05, 0.1) is 0 Å². The van der Waals surface area contributed by atoms with Gasteiger partial charge in [-0.05, 0) is 56.8 Å². The number of aromatic nitrogens is 6. The number of fused-ring (bicyclic) bond motifs is 2. The molecular weight excluding hydrogens is 504 g/mol. The molecule has 2 fully saturated rings. The minimum absolute atomic E-state index is 0.0836. The minimum atomic E-state index is 0.0836. The maximum Gasteiger partial charge on any atom is 0.227 e. The van der Waals surface area contributed by atoms with E-state index in [9.17, 15) is 0 Å². The summed E-state index contributed by atoms with van der Waals surface area (Å²) in [7, 11) is 0. The molecule has 2 aliphatic carbocycles. The Kier molecular flexibility index (Phi) is 11.2. The van der Waals surface area contributed by atoms with E-state index >= 15 is 0 Å². The first-order chi connectivity index (χ1) is 19.1. The molecule has 0 saturated heterocycles. The van der Waals surface area contributed by atoms with Gasteiger partial charge in [-0.15, -0.1) is 0 Å². The highest BCUT2D eigenvalue weighted by molar-refractivity contribution is 5.38. The van der Waals surface area contributed by atoms with Crippen molar-refractivity contribution in [3.63, 3.8) is 0 Å². The molecule has 2 saturated carbocycles. The highest BCUT2D eigenvalue weighted by Gasteiger charge is 2.49. The van der Waals surface area contributed by atoms with Crippen LogP contribution in [0.5, 0.6) is 0 Å². The smallest absolute Gasteiger partial charge is 0.227 e. The lowest BCUT2D eigenvalue weighted by atomic mass is 9.79. The maximum absolute atomic E-state index is 9.16. The van der Waals surface area contributed by atoms with Gasteiger partial charge in [0.25, 0.3) is 0 Å². The molecule has 39 heavy (non-hydrogen) atoms. The maximum atomic E-state index is 9.16. The molecule has 2 heterocycles. The summed E-state index contributed by atoms with van der Waals surface area (Å²) in [5.74, 6) is 4.42. The third-order valence-corrected chi connectivity index (χ3v) is 7.25.